The lowest BCUT2D eigenvalue weighted by molar-refractivity contribution is 0.195. The second kappa shape index (κ2) is 7.22. The van der Waals surface area contributed by atoms with Gasteiger partial charge in [0, 0.05) is 17.5 Å². The smallest absolute Gasteiger partial charge is 0.0798 e. The fourth-order valence-electron chi connectivity index (χ4n) is 2.48. The summed E-state index contributed by atoms with van der Waals surface area (Å²) in [4.78, 5) is 8.30. The van der Waals surface area contributed by atoms with Crippen molar-refractivity contribution in [1.82, 2.24) is 15.2 Å². The van der Waals surface area contributed by atoms with Crippen LogP contribution in [0.2, 0.25) is 0 Å². The van der Waals surface area contributed by atoms with Gasteiger partial charge in [0.2, 0.25) is 0 Å². The second-order valence-electron chi connectivity index (χ2n) is 5.21. The van der Waals surface area contributed by atoms with Crippen molar-refractivity contribution in [3.63, 3.8) is 0 Å². The van der Waals surface area contributed by atoms with E-state index in [9.17, 15) is 0 Å². The molecule has 1 aliphatic heterocycles. The number of aryl methyl sites for hydroxylation is 1. The third-order valence-electron chi connectivity index (χ3n) is 3.81. The summed E-state index contributed by atoms with van der Waals surface area (Å²) >= 11 is 1.77. The molecule has 1 aromatic heterocycles. The molecule has 0 amide bonds. The van der Waals surface area contributed by atoms with Crippen LogP contribution in [0.1, 0.15) is 43.2 Å². The van der Waals surface area contributed by atoms with Gasteiger partial charge in [-0.2, -0.15) is 0 Å². The Morgan fingerprint density at radius 3 is 2.83 bits per heavy atom. The lowest BCUT2D eigenvalue weighted by Gasteiger charge is -2.32. The van der Waals surface area contributed by atoms with Crippen molar-refractivity contribution in [2.45, 2.75) is 52.1 Å². The van der Waals surface area contributed by atoms with Crippen molar-refractivity contribution in [1.29, 1.82) is 0 Å². The molecule has 2 heterocycles. The zero-order chi connectivity index (χ0) is 12.8. The topological polar surface area (TPSA) is 28.2 Å². The summed E-state index contributed by atoms with van der Waals surface area (Å²) in [6.07, 6.45) is 5.24. The molecule has 3 nitrogen and oxygen atoms in total. The molecule has 1 N–H and O–H groups in total. The zero-order valence-corrected chi connectivity index (χ0v) is 12.4. The Kier molecular flexibility index (Phi) is 5.60. The average Bonchev–Trinajstić information content (AvgIpc) is 2.81. The van der Waals surface area contributed by atoms with E-state index in [-0.39, 0.29) is 0 Å². The first kappa shape index (κ1) is 14.0. The van der Waals surface area contributed by atoms with Crippen LogP contribution in [0.3, 0.4) is 0 Å². The van der Waals surface area contributed by atoms with E-state index in [1.807, 2.05) is 5.51 Å². The van der Waals surface area contributed by atoms with Crippen molar-refractivity contribution in [2.24, 2.45) is 0 Å². The molecule has 0 aromatic carbocycles. The van der Waals surface area contributed by atoms with Crippen LogP contribution in [0.25, 0.3) is 0 Å². The number of unbranched alkanes of at least 4 members (excludes halogenated alkanes) is 1. The number of thiazole rings is 1. The number of likely N-dealkylation sites (tertiary alicyclic amines) is 1. The van der Waals surface area contributed by atoms with E-state index in [0.717, 1.165) is 6.54 Å². The van der Waals surface area contributed by atoms with Gasteiger partial charge in [-0.25, -0.2) is 4.98 Å². The van der Waals surface area contributed by atoms with Crippen molar-refractivity contribution in [3.05, 3.63) is 16.1 Å². The van der Waals surface area contributed by atoms with Gasteiger partial charge in [-0.3, -0.25) is 0 Å². The minimum Gasteiger partial charge on any atom is -0.309 e. The van der Waals surface area contributed by atoms with Gasteiger partial charge in [0.05, 0.1) is 11.2 Å². The van der Waals surface area contributed by atoms with Crippen LogP contribution in [-0.4, -0.2) is 35.6 Å². The van der Waals surface area contributed by atoms with Gasteiger partial charge >= 0.3 is 0 Å². The fourth-order valence-corrected chi connectivity index (χ4v) is 3.20. The second-order valence-corrected chi connectivity index (χ2v) is 6.15. The number of hydrogen-bond donors (Lipinski definition) is 1. The molecule has 1 saturated heterocycles. The van der Waals surface area contributed by atoms with Crippen LogP contribution >= 0.6 is 11.3 Å². The molecular weight excluding hydrogens is 242 g/mol. The van der Waals surface area contributed by atoms with Gasteiger partial charge in [0.1, 0.15) is 0 Å². The Labute approximate surface area is 115 Å². The summed E-state index contributed by atoms with van der Waals surface area (Å²) in [5.41, 5.74) is 3.13. The SMILES string of the molecule is CCCCN1CCC(NCc2scnc2C)CC1. The summed E-state index contributed by atoms with van der Waals surface area (Å²) in [6, 6.07) is 0.698. The number of rotatable bonds is 6. The standard InChI is InChI=1S/C14H25N3S/c1-3-4-7-17-8-5-13(6-9-17)15-10-14-12(2)16-11-18-14/h11,13,15H,3-10H2,1-2H3. The first-order valence-electron chi connectivity index (χ1n) is 7.14. The molecule has 0 spiro atoms. The normalized spacial score (nSPS) is 18.3. The summed E-state index contributed by atoms with van der Waals surface area (Å²) in [5.74, 6) is 0. The quantitative estimate of drug-likeness (QED) is 0.859. The van der Waals surface area contributed by atoms with E-state index in [2.05, 4.69) is 29.0 Å². The minimum atomic E-state index is 0.698. The summed E-state index contributed by atoms with van der Waals surface area (Å²) in [5, 5.41) is 3.69. The Morgan fingerprint density at radius 1 is 1.44 bits per heavy atom. The summed E-state index contributed by atoms with van der Waals surface area (Å²) < 4.78 is 0. The maximum absolute atomic E-state index is 4.30. The van der Waals surface area contributed by atoms with Crippen molar-refractivity contribution in [2.75, 3.05) is 19.6 Å². The van der Waals surface area contributed by atoms with Crippen LogP contribution in [0.4, 0.5) is 0 Å². The number of nitrogens with one attached hydrogen (secondary N) is 1. The lowest BCUT2D eigenvalue weighted by atomic mass is 10.0. The van der Waals surface area contributed by atoms with Gasteiger partial charge < -0.3 is 10.2 Å². The predicted octanol–water partition coefficient (Wildman–Crippen LogP) is 2.81. The molecule has 0 atom stereocenters. The third kappa shape index (κ3) is 4.04. The molecule has 1 fully saturated rings. The molecule has 18 heavy (non-hydrogen) atoms. The predicted molar refractivity (Wildman–Crippen MR) is 78.1 cm³/mol. The fraction of sp³-hybridized carbons (Fsp3) is 0.786. The molecule has 0 saturated carbocycles. The van der Waals surface area contributed by atoms with Gasteiger partial charge in [0.25, 0.3) is 0 Å². The number of nitrogens with zero attached hydrogens (tertiary/aromatic N) is 2. The Hall–Kier alpha value is -0.450. The van der Waals surface area contributed by atoms with E-state index in [4.69, 9.17) is 0 Å². The van der Waals surface area contributed by atoms with Gasteiger partial charge in [0.15, 0.2) is 0 Å². The highest BCUT2D eigenvalue weighted by Gasteiger charge is 2.18. The van der Waals surface area contributed by atoms with E-state index in [0.29, 0.717) is 6.04 Å². The number of piperidine rings is 1. The van der Waals surface area contributed by atoms with Crippen molar-refractivity contribution in [3.8, 4) is 0 Å². The van der Waals surface area contributed by atoms with E-state index < -0.39 is 0 Å². The van der Waals surface area contributed by atoms with Gasteiger partial charge in [-0.05, 0) is 45.8 Å². The van der Waals surface area contributed by atoms with Crippen LogP contribution in [0.15, 0.2) is 5.51 Å². The Bertz CT molecular complexity index is 343. The van der Waals surface area contributed by atoms with Crippen molar-refractivity contribution >= 4 is 11.3 Å². The maximum atomic E-state index is 4.30. The molecule has 1 aliphatic rings. The molecule has 0 unspecified atom stereocenters. The summed E-state index contributed by atoms with van der Waals surface area (Å²) in [7, 11) is 0. The minimum absolute atomic E-state index is 0.698. The first-order valence-corrected chi connectivity index (χ1v) is 8.02. The van der Waals surface area contributed by atoms with Crippen LogP contribution in [-0.2, 0) is 6.54 Å². The van der Waals surface area contributed by atoms with E-state index >= 15 is 0 Å². The average molecular weight is 267 g/mol. The number of aromatic nitrogens is 1. The highest BCUT2D eigenvalue weighted by Crippen LogP contribution is 2.15. The van der Waals surface area contributed by atoms with E-state index in [1.165, 1.54) is 55.9 Å². The van der Waals surface area contributed by atoms with Crippen LogP contribution in [0.5, 0.6) is 0 Å². The Morgan fingerprint density at radius 2 is 2.22 bits per heavy atom. The molecule has 0 aliphatic carbocycles. The highest BCUT2D eigenvalue weighted by atomic mass is 32.1. The molecule has 0 bridgehead atoms. The van der Waals surface area contributed by atoms with Crippen molar-refractivity contribution < 1.29 is 0 Å². The van der Waals surface area contributed by atoms with Gasteiger partial charge in [-0.1, -0.05) is 13.3 Å². The highest BCUT2D eigenvalue weighted by molar-refractivity contribution is 7.09. The Balaban J connectivity index is 1.66. The lowest BCUT2D eigenvalue weighted by Crippen LogP contribution is -2.42. The molecular formula is C14H25N3S. The molecule has 2 rings (SSSR count). The first-order chi connectivity index (χ1) is 8.79. The monoisotopic (exact) mass is 267 g/mol. The van der Waals surface area contributed by atoms with Crippen LogP contribution in [0, 0.1) is 6.92 Å². The largest absolute Gasteiger partial charge is 0.309 e. The molecule has 102 valence electrons. The van der Waals surface area contributed by atoms with Crippen LogP contribution < -0.4 is 5.32 Å². The molecule has 1 aromatic rings. The maximum Gasteiger partial charge on any atom is 0.0798 e. The molecule has 4 heteroatoms. The third-order valence-corrected chi connectivity index (χ3v) is 4.75. The summed E-state index contributed by atoms with van der Waals surface area (Å²) in [6.45, 7) is 9.18. The molecule has 0 radical (unpaired) electrons. The number of hydrogen-bond acceptors (Lipinski definition) is 4. The van der Waals surface area contributed by atoms with E-state index in [1.54, 1.807) is 11.3 Å². The zero-order valence-electron chi connectivity index (χ0n) is 11.6. The van der Waals surface area contributed by atoms with Gasteiger partial charge in [-0.15, -0.1) is 11.3 Å².